The molecule has 0 atom stereocenters. The van der Waals surface area contributed by atoms with E-state index in [1.165, 1.54) is 17.3 Å². The summed E-state index contributed by atoms with van der Waals surface area (Å²) in [7, 11) is 0. The number of carbonyl (C=O) groups is 1. The summed E-state index contributed by atoms with van der Waals surface area (Å²) in [6.07, 6.45) is 1.58. The number of fused-ring (bicyclic) bond motifs is 1. The first-order chi connectivity index (χ1) is 12.3. The Balaban J connectivity index is 1.28. The molecule has 1 amide bonds. The predicted molar refractivity (Wildman–Crippen MR) is 104 cm³/mol. The molecule has 0 aliphatic carbocycles. The van der Waals surface area contributed by atoms with Crippen LogP contribution in [0, 0.1) is 0 Å². The minimum Gasteiger partial charge on any atom is -0.339 e. The van der Waals surface area contributed by atoms with E-state index in [4.69, 9.17) is 0 Å². The van der Waals surface area contributed by atoms with E-state index in [0.29, 0.717) is 5.75 Å². The van der Waals surface area contributed by atoms with Crippen molar-refractivity contribution in [3.05, 3.63) is 40.2 Å². The second-order valence-electron chi connectivity index (χ2n) is 5.90. The maximum absolute atomic E-state index is 12.5. The van der Waals surface area contributed by atoms with Crippen LogP contribution < -0.4 is 0 Å². The van der Waals surface area contributed by atoms with Gasteiger partial charge in [0.15, 0.2) is 0 Å². The maximum atomic E-state index is 12.5. The predicted octanol–water partition coefficient (Wildman–Crippen LogP) is 3.19. The first-order valence-corrected chi connectivity index (χ1v) is 10.9. The molecule has 1 saturated heterocycles. The Labute approximate surface area is 158 Å². The smallest absolute Gasteiger partial charge is 0.233 e. The summed E-state index contributed by atoms with van der Waals surface area (Å²) in [6.45, 7) is 4.47. The maximum Gasteiger partial charge on any atom is 0.233 e. The van der Waals surface area contributed by atoms with Gasteiger partial charge in [-0.15, -0.1) is 11.3 Å². The van der Waals surface area contributed by atoms with Crippen molar-refractivity contribution < 1.29 is 4.79 Å². The molecule has 0 radical (unpaired) electrons. The topological polar surface area (TPSA) is 49.3 Å². The van der Waals surface area contributed by atoms with Gasteiger partial charge in [-0.3, -0.25) is 9.69 Å². The minimum absolute atomic E-state index is 0.196. The van der Waals surface area contributed by atoms with Crippen LogP contribution in [0.25, 0.3) is 10.2 Å². The van der Waals surface area contributed by atoms with Gasteiger partial charge >= 0.3 is 0 Å². The van der Waals surface area contributed by atoms with Crippen molar-refractivity contribution in [2.24, 2.45) is 0 Å². The normalized spacial score (nSPS) is 15.8. The monoisotopic (exact) mass is 390 g/mol. The zero-order chi connectivity index (χ0) is 17.1. The summed E-state index contributed by atoms with van der Waals surface area (Å²) in [5.74, 6) is 0.633. The van der Waals surface area contributed by atoms with E-state index >= 15 is 0 Å². The highest BCUT2D eigenvalue weighted by Gasteiger charge is 2.21. The van der Waals surface area contributed by atoms with E-state index < -0.39 is 0 Å². The van der Waals surface area contributed by atoms with Crippen molar-refractivity contribution in [1.29, 1.82) is 0 Å². The lowest BCUT2D eigenvalue weighted by molar-refractivity contribution is -0.130. The SMILES string of the molecule is O=C(CSc1ncnc2sccc12)N1CCN(Cc2ccsc2)CC1. The molecule has 5 nitrogen and oxygen atoms in total. The van der Waals surface area contributed by atoms with Crippen LogP contribution in [0.15, 0.2) is 39.6 Å². The molecule has 0 N–H and O–H groups in total. The Kier molecular flexibility index (Phi) is 5.30. The fraction of sp³-hybridized carbons (Fsp3) is 0.353. The van der Waals surface area contributed by atoms with Crippen LogP contribution >= 0.6 is 34.4 Å². The third-order valence-corrected chi connectivity index (χ3v) is 6.81. The second-order valence-corrected chi connectivity index (χ2v) is 8.53. The molecular formula is C17H18N4OS3. The number of hydrogen-bond donors (Lipinski definition) is 0. The molecule has 1 aliphatic heterocycles. The third-order valence-electron chi connectivity index (χ3n) is 4.27. The van der Waals surface area contributed by atoms with E-state index in [1.807, 2.05) is 16.3 Å². The summed E-state index contributed by atoms with van der Waals surface area (Å²) in [5, 5.41) is 8.27. The van der Waals surface area contributed by atoms with Crippen molar-refractivity contribution in [2.45, 2.75) is 11.6 Å². The minimum atomic E-state index is 0.196. The molecule has 3 aromatic rings. The molecule has 0 spiro atoms. The van der Waals surface area contributed by atoms with E-state index in [2.05, 4.69) is 31.7 Å². The van der Waals surface area contributed by atoms with Crippen molar-refractivity contribution in [3.63, 3.8) is 0 Å². The van der Waals surface area contributed by atoms with Crippen LogP contribution in [0.2, 0.25) is 0 Å². The van der Waals surface area contributed by atoms with Gasteiger partial charge in [0, 0.05) is 38.1 Å². The zero-order valence-corrected chi connectivity index (χ0v) is 16.1. The van der Waals surface area contributed by atoms with Crippen LogP contribution in [0.5, 0.6) is 0 Å². The summed E-state index contributed by atoms with van der Waals surface area (Å²) >= 11 is 4.85. The zero-order valence-electron chi connectivity index (χ0n) is 13.6. The van der Waals surface area contributed by atoms with Crippen LogP contribution in [0.4, 0.5) is 0 Å². The molecule has 25 heavy (non-hydrogen) atoms. The second kappa shape index (κ2) is 7.82. The molecule has 4 heterocycles. The number of thioether (sulfide) groups is 1. The largest absolute Gasteiger partial charge is 0.339 e. The Morgan fingerprint density at radius 1 is 1.16 bits per heavy atom. The van der Waals surface area contributed by atoms with Crippen molar-refractivity contribution in [1.82, 2.24) is 19.8 Å². The highest BCUT2D eigenvalue weighted by atomic mass is 32.2. The number of thiophene rings is 2. The van der Waals surface area contributed by atoms with E-state index in [1.54, 1.807) is 29.0 Å². The van der Waals surface area contributed by atoms with Crippen molar-refractivity contribution >= 4 is 50.6 Å². The number of aromatic nitrogens is 2. The number of amides is 1. The molecular weight excluding hydrogens is 372 g/mol. The van der Waals surface area contributed by atoms with Gasteiger partial charge in [0.2, 0.25) is 5.91 Å². The first-order valence-electron chi connectivity index (χ1n) is 8.12. The lowest BCUT2D eigenvalue weighted by Gasteiger charge is -2.34. The highest BCUT2D eigenvalue weighted by molar-refractivity contribution is 8.00. The molecule has 0 unspecified atom stereocenters. The molecule has 0 bridgehead atoms. The van der Waals surface area contributed by atoms with Gasteiger partial charge in [-0.25, -0.2) is 9.97 Å². The van der Waals surface area contributed by atoms with Gasteiger partial charge in [0.05, 0.1) is 5.75 Å². The summed E-state index contributed by atoms with van der Waals surface area (Å²) < 4.78 is 0. The lowest BCUT2D eigenvalue weighted by atomic mass is 10.2. The van der Waals surface area contributed by atoms with Crippen LogP contribution in [0.1, 0.15) is 5.56 Å². The number of hydrogen-bond acceptors (Lipinski definition) is 7. The number of rotatable bonds is 5. The molecule has 4 rings (SSSR count). The van der Waals surface area contributed by atoms with Gasteiger partial charge < -0.3 is 4.90 Å². The van der Waals surface area contributed by atoms with E-state index in [0.717, 1.165) is 48.0 Å². The average molecular weight is 391 g/mol. The van der Waals surface area contributed by atoms with Gasteiger partial charge in [0.25, 0.3) is 0 Å². The fourth-order valence-electron chi connectivity index (χ4n) is 2.90. The molecule has 1 fully saturated rings. The highest BCUT2D eigenvalue weighted by Crippen LogP contribution is 2.27. The standard InChI is InChI=1S/C17H18N4OS3/c22-15(11-25-17-14-2-8-24-16(14)18-12-19-17)21-5-3-20(4-6-21)9-13-1-7-23-10-13/h1-2,7-8,10,12H,3-6,9,11H2. The van der Waals surface area contributed by atoms with Gasteiger partial charge in [-0.05, 0) is 33.8 Å². The lowest BCUT2D eigenvalue weighted by Crippen LogP contribution is -2.48. The Hall–Kier alpha value is -1.48. The summed E-state index contributed by atoms with van der Waals surface area (Å²) in [5.41, 5.74) is 1.36. The van der Waals surface area contributed by atoms with E-state index in [-0.39, 0.29) is 5.91 Å². The Morgan fingerprint density at radius 2 is 2.04 bits per heavy atom. The number of nitrogens with zero attached hydrogens (tertiary/aromatic N) is 4. The Morgan fingerprint density at radius 3 is 2.84 bits per heavy atom. The van der Waals surface area contributed by atoms with Crippen molar-refractivity contribution in [2.75, 3.05) is 31.9 Å². The van der Waals surface area contributed by atoms with E-state index in [9.17, 15) is 4.79 Å². The quantitative estimate of drug-likeness (QED) is 0.495. The molecule has 0 aromatic carbocycles. The van der Waals surface area contributed by atoms with Gasteiger partial charge in [0.1, 0.15) is 16.2 Å². The molecule has 3 aromatic heterocycles. The average Bonchev–Trinajstić information content (AvgIpc) is 3.32. The molecule has 0 saturated carbocycles. The summed E-state index contributed by atoms with van der Waals surface area (Å²) in [4.78, 5) is 26.5. The number of piperazine rings is 1. The Bertz CT molecular complexity index is 841. The molecule has 1 aliphatic rings. The number of carbonyl (C=O) groups excluding carboxylic acids is 1. The first kappa shape index (κ1) is 17.0. The van der Waals surface area contributed by atoms with Gasteiger partial charge in [-0.1, -0.05) is 11.8 Å². The summed E-state index contributed by atoms with van der Waals surface area (Å²) in [6, 6.07) is 4.20. The fourth-order valence-corrected chi connectivity index (χ4v) is 5.24. The van der Waals surface area contributed by atoms with Crippen LogP contribution in [-0.4, -0.2) is 57.6 Å². The third kappa shape index (κ3) is 4.03. The van der Waals surface area contributed by atoms with Crippen LogP contribution in [-0.2, 0) is 11.3 Å². The van der Waals surface area contributed by atoms with Gasteiger partial charge in [-0.2, -0.15) is 11.3 Å². The molecule has 8 heteroatoms. The van der Waals surface area contributed by atoms with Crippen LogP contribution in [0.3, 0.4) is 0 Å². The van der Waals surface area contributed by atoms with Crippen molar-refractivity contribution in [3.8, 4) is 0 Å². The molecule has 130 valence electrons.